The number of hydrogen-bond acceptors (Lipinski definition) is 5. The Morgan fingerprint density at radius 3 is 2.45 bits per heavy atom. The number of hydrogen-bond donors (Lipinski definition) is 0. The fourth-order valence-electron chi connectivity index (χ4n) is 2.85. The van der Waals surface area contributed by atoms with Gasteiger partial charge in [0.25, 0.3) is 5.91 Å². The lowest BCUT2D eigenvalue weighted by atomic mass is 10.1. The molecule has 22 heavy (non-hydrogen) atoms. The van der Waals surface area contributed by atoms with E-state index in [0.717, 1.165) is 0 Å². The minimum absolute atomic E-state index is 0.0216. The average Bonchev–Trinajstić information content (AvgIpc) is 2.85. The summed E-state index contributed by atoms with van der Waals surface area (Å²) in [6.45, 7) is 1.78. The largest absolute Gasteiger partial charge is 0.482 e. The fraction of sp³-hybridized carbons (Fsp3) is 0.533. The molecule has 0 aromatic heterocycles. The van der Waals surface area contributed by atoms with Crippen molar-refractivity contribution >= 4 is 15.7 Å². The standard InChI is InChI=1S/C15H19NO5S/c1-10-14(21-13-6-4-3-5-12(13)20-10)15(17)16(2)11-7-8-22(18,19)9-11/h3-6,10-11,14H,7-9H2,1-2H3/t10-,11+,14-/m0/s1. The molecule has 0 radical (unpaired) electrons. The van der Waals surface area contributed by atoms with E-state index in [4.69, 9.17) is 9.47 Å². The zero-order valence-electron chi connectivity index (χ0n) is 12.6. The molecule has 3 atom stereocenters. The van der Waals surface area contributed by atoms with Crippen LogP contribution in [0.2, 0.25) is 0 Å². The number of likely N-dealkylation sites (N-methyl/N-ethyl adjacent to an activating group) is 1. The van der Waals surface area contributed by atoms with Gasteiger partial charge in [0, 0.05) is 13.1 Å². The van der Waals surface area contributed by atoms with Gasteiger partial charge in [-0.1, -0.05) is 12.1 Å². The molecule has 2 aliphatic rings. The van der Waals surface area contributed by atoms with Crippen LogP contribution in [0, 0.1) is 0 Å². The van der Waals surface area contributed by atoms with E-state index in [2.05, 4.69) is 0 Å². The van der Waals surface area contributed by atoms with Crippen LogP contribution >= 0.6 is 0 Å². The van der Waals surface area contributed by atoms with E-state index in [1.165, 1.54) is 4.90 Å². The first kappa shape index (κ1) is 15.1. The van der Waals surface area contributed by atoms with Gasteiger partial charge in [0.1, 0.15) is 6.10 Å². The first-order valence-electron chi connectivity index (χ1n) is 7.27. The lowest BCUT2D eigenvalue weighted by Gasteiger charge is -2.34. The van der Waals surface area contributed by atoms with E-state index in [1.807, 2.05) is 12.1 Å². The second kappa shape index (κ2) is 5.46. The second-order valence-electron chi connectivity index (χ2n) is 5.81. The first-order chi connectivity index (χ1) is 10.4. The van der Waals surface area contributed by atoms with Gasteiger partial charge in [0.15, 0.2) is 21.3 Å². The fourth-order valence-corrected chi connectivity index (χ4v) is 4.63. The third kappa shape index (κ3) is 2.77. The van der Waals surface area contributed by atoms with Gasteiger partial charge < -0.3 is 14.4 Å². The quantitative estimate of drug-likeness (QED) is 0.806. The summed E-state index contributed by atoms with van der Waals surface area (Å²) in [5.41, 5.74) is 0. The van der Waals surface area contributed by atoms with Crippen LogP contribution in [-0.4, -0.2) is 56.0 Å². The predicted octanol–water partition coefficient (Wildman–Crippen LogP) is 0.860. The highest BCUT2D eigenvalue weighted by molar-refractivity contribution is 7.91. The summed E-state index contributed by atoms with van der Waals surface area (Å²) in [4.78, 5) is 14.1. The van der Waals surface area contributed by atoms with Crippen molar-refractivity contribution in [1.82, 2.24) is 4.90 Å². The van der Waals surface area contributed by atoms with Crippen molar-refractivity contribution in [3.8, 4) is 11.5 Å². The summed E-state index contributed by atoms with van der Waals surface area (Å²) in [5, 5.41) is 0. The molecule has 0 saturated carbocycles. The summed E-state index contributed by atoms with van der Waals surface area (Å²) in [6, 6.07) is 6.91. The number of nitrogens with zero attached hydrogens (tertiary/aromatic N) is 1. The Kier molecular flexibility index (Phi) is 3.76. The maximum Gasteiger partial charge on any atom is 0.267 e. The van der Waals surface area contributed by atoms with Crippen molar-refractivity contribution in [3.63, 3.8) is 0 Å². The SMILES string of the molecule is C[C@@H]1Oc2ccccc2O[C@@H]1C(=O)N(C)[C@@H]1CCS(=O)(=O)C1. The van der Waals surface area contributed by atoms with Gasteiger partial charge in [-0.15, -0.1) is 0 Å². The third-order valence-corrected chi connectivity index (χ3v) is 5.94. The van der Waals surface area contributed by atoms with Gasteiger partial charge in [0.05, 0.1) is 11.5 Å². The molecule has 1 aromatic carbocycles. The van der Waals surface area contributed by atoms with E-state index < -0.39 is 22.0 Å². The molecule has 6 nitrogen and oxygen atoms in total. The molecule has 7 heteroatoms. The number of sulfone groups is 1. The minimum Gasteiger partial charge on any atom is -0.482 e. The number of fused-ring (bicyclic) bond motifs is 1. The summed E-state index contributed by atoms with van der Waals surface area (Å²) >= 11 is 0. The number of benzene rings is 1. The lowest BCUT2D eigenvalue weighted by Crippen LogP contribution is -2.52. The third-order valence-electron chi connectivity index (χ3n) is 4.19. The molecule has 0 unspecified atom stereocenters. The molecule has 2 heterocycles. The molecule has 3 rings (SSSR count). The maximum absolute atomic E-state index is 12.6. The molecule has 1 fully saturated rings. The molecular weight excluding hydrogens is 306 g/mol. The monoisotopic (exact) mass is 325 g/mol. The first-order valence-corrected chi connectivity index (χ1v) is 9.09. The summed E-state index contributed by atoms with van der Waals surface area (Å²) in [5.74, 6) is 1.06. The van der Waals surface area contributed by atoms with Crippen molar-refractivity contribution in [2.24, 2.45) is 0 Å². The Labute approximate surface area is 129 Å². The van der Waals surface area contributed by atoms with E-state index in [0.29, 0.717) is 17.9 Å². The molecule has 2 aliphatic heterocycles. The van der Waals surface area contributed by atoms with Gasteiger partial charge in [0.2, 0.25) is 6.10 Å². The zero-order valence-corrected chi connectivity index (χ0v) is 13.4. The van der Waals surface area contributed by atoms with Crippen LogP contribution in [0.25, 0.3) is 0 Å². The van der Waals surface area contributed by atoms with Crippen LogP contribution in [0.1, 0.15) is 13.3 Å². The van der Waals surface area contributed by atoms with Crippen LogP contribution in [0.3, 0.4) is 0 Å². The van der Waals surface area contributed by atoms with Gasteiger partial charge in [-0.25, -0.2) is 8.42 Å². The van der Waals surface area contributed by atoms with Crippen molar-refractivity contribution in [3.05, 3.63) is 24.3 Å². The van der Waals surface area contributed by atoms with Crippen molar-refractivity contribution in [2.45, 2.75) is 31.6 Å². The number of carbonyl (C=O) groups excluding carboxylic acids is 1. The highest BCUT2D eigenvalue weighted by atomic mass is 32.2. The Morgan fingerprint density at radius 2 is 1.86 bits per heavy atom. The van der Waals surface area contributed by atoms with Gasteiger partial charge in [-0.2, -0.15) is 0 Å². The van der Waals surface area contributed by atoms with E-state index in [1.54, 1.807) is 26.1 Å². The second-order valence-corrected chi connectivity index (χ2v) is 8.04. The summed E-state index contributed by atoms with van der Waals surface area (Å²) in [7, 11) is -1.40. The molecule has 1 saturated heterocycles. The molecule has 1 aromatic rings. The van der Waals surface area contributed by atoms with Crippen molar-refractivity contribution in [2.75, 3.05) is 18.6 Å². The molecular formula is C15H19NO5S. The Balaban J connectivity index is 1.75. The van der Waals surface area contributed by atoms with E-state index in [-0.39, 0.29) is 23.5 Å². The molecule has 120 valence electrons. The topological polar surface area (TPSA) is 72.9 Å². The van der Waals surface area contributed by atoms with Crippen LogP contribution in [0.5, 0.6) is 11.5 Å². The lowest BCUT2D eigenvalue weighted by molar-refractivity contribution is -0.144. The van der Waals surface area contributed by atoms with Crippen LogP contribution in [-0.2, 0) is 14.6 Å². The van der Waals surface area contributed by atoms with E-state index in [9.17, 15) is 13.2 Å². The van der Waals surface area contributed by atoms with Crippen LogP contribution in [0.15, 0.2) is 24.3 Å². The average molecular weight is 325 g/mol. The van der Waals surface area contributed by atoms with Crippen molar-refractivity contribution < 1.29 is 22.7 Å². The molecule has 0 spiro atoms. The zero-order chi connectivity index (χ0) is 15.9. The summed E-state index contributed by atoms with van der Waals surface area (Å²) < 4.78 is 34.7. The Morgan fingerprint density at radius 1 is 1.23 bits per heavy atom. The molecule has 0 bridgehead atoms. The number of para-hydroxylation sites is 2. The van der Waals surface area contributed by atoms with Crippen LogP contribution in [0.4, 0.5) is 0 Å². The van der Waals surface area contributed by atoms with Gasteiger partial charge in [-0.05, 0) is 25.5 Å². The van der Waals surface area contributed by atoms with Gasteiger partial charge >= 0.3 is 0 Å². The summed E-state index contributed by atoms with van der Waals surface area (Å²) in [6.07, 6.45) is -0.714. The van der Waals surface area contributed by atoms with Crippen LogP contribution < -0.4 is 9.47 Å². The molecule has 0 N–H and O–H groups in total. The smallest absolute Gasteiger partial charge is 0.267 e. The minimum atomic E-state index is -3.03. The number of carbonyl (C=O) groups is 1. The Bertz CT molecular complexity index is 687. The maximum atomic E-state index is 12.6. The number of rotatable bonds is 2. The van der Waals surface area contributed by atoms with Crippen molar-refractivity contribution in [1.29, 1.82) is 0 Å². The normalized spacial score (nSPS) is 29.1. The number of ether oxygens (including phenoxy) is 2. The van der Waals surface area contributed by atoms with E-state index >= 15 is 0 Å². The molecule has 0 aliphatic carbocycles. The molecule has 1 amide bonds. The number of amides is 1. The predicted molar refractivity (Wildman–Crippen MR) is 80.8 cm³/mol. The highest BCUT2D eigenvalue weighted by Crippen LogP contribution is 2.34. The highest BCUT2D eigenvalue weighted by Gasteiger charge is 2.40. The Hall–Kier alpha value is -1.76. The van der Waals surface area contributed by atoms with Gasteiger partial charge in [-0.3, -0.25) is 4.79 Å².